The lowest BCUT2D eigenvalue weighted by atomic mass is 9.88. The predicted molar refractivity (Wildman–Crippen MR) is 74.3 cm³/mol. The second-order valence-electron chi connectivity index (χ2n) is 6.24. The SMILES string of the molecule is CCC1(C)CC(N2CCCCCC2C(=O)O)CCO1. The molecule has 0 aromatic carbocycles. The smallest absolute Gasteiger partial charge is 0.320 e. The van der Waals surface area contributed by atoms with E-state index in [0.717, 1.165) is 58.1 Å². The Balaban J connectivity index is 2.10. The molecule has 2 saturated heterocycles. The second kappa shape index (κ2) is 6.23. The van der Waals surface area contributed by atoms with Crippen LogP contribution in [0.15, 0.2) is 0 Å². The van der Waals surface area contributed by atoms with Crippen molar-refractivity contribution in [2.45, 2.75) is 76.5 Å². The number of carboxylic acids is 1. The molecule has 0 spiro atoms. The van der Waals surface area contributed by atoms with Crippen LogP contribution in [-0.4, -0.2) is 46.8 Å². The summed E-state index contributed by atoms with van der Waals surface area (Å²) in [5, 5.41) is 9.48. The van der Waals surface area contributed by atoms with Crippen molar-refractivity contribution < 1.29 is 14.6 Å². The van der Waals surface area contributed by atoms with Crippen molar-refractivity contribution in [1.82, 2.24) is 4.90 Å². The van der Waals surface area contributed by atoms with Gasteiger partial charge >= 0.3 is 5.97 Å². The Labute approximate surface area is 116 Å². The Bertz CT molecular complexity index is 321. The minimum atomic E-state index is -0.647. The first kappa shape index (κ1) is 14.8. The number of likely N-dealkylation sites (tertiary alicyclic amines) is 1. The summed E-state index contributed by atoms with van der Waals surface area (Å²) in [7, 11) is 0. The van der Waals surface area contributed by atoms with Gasteiger partial charge in [-0.15, -0.1) is 0 Å². The zero-order chi connectivity index (χ0) is 13.9. The Hall–Kier alpha value is -0.610. The molecule has 2 rings (SSSR count). The average Bonchev–Trinajstić information content (AvgIpc) is 2.64. The third kappa shape index (κ3) is 3.48. The van der Waals surface area contributed by atoms with Gasteiger partial charge in [0.25, 0.3) is 0 Å². The van der Waals surface area contributed by atoms with Crippen molar-refractivity contribution in [3.8, 4) is 0 Å². The maximum absolute atomic E-state index is 11.5. The summed E-state index contributed by atoms with van der Waals surface area (Å²) in [6.07, 6.45) is 7.07. The molecule has 0 aromatic heterocycles. The van der Waals surface area contributed by atoms with Crippen molar-refractivity contribution in [2.75, 3.05) is 13.2 Å². The van der Waals surface area contributed by atoms with Gasteiger partial charge in [0.1, 0.15) is 6.04 Å². The molecule has 0 radical (unpaired) electrons. The maximum atomic E-state index is 11.5. The summed E-state index contributed by atoms with van der Waals surface area (Å²) in [6.45, 7) is 6.01. The van der Waals surface area contributed by atoms with Crippen LogP contribution in [0.3, 0.4) is 0 Å². The molecule has 0 bridgehead atoms. The van der Waals surface area contributed by atoms with Crippen LogP contribution in [0.5, 0.6) is 0 Å². The molecule has 0 saturated carbocycles. The number of nitrogens with zero attached hydrogens (tertiary/aromatic N) is 1. The summed E-state index contributed by atoms with van der Waals surface area (Å²) >= 11 is 0. The molecule has 0 aromatic rings. The summed E-state index contributed by atoms with van der Waals surface area (Å²) in [5.41, 5.74) is -0.0712. The molecule has 0 aliphatic carbocycles. The highest BCUT2D eigenvalue weighted by atomic mass is 16.5. The number of hydrogen-bond acceptors (Lipinski definition) is 3. The molecule has 3 atom stereocenters. The van der Waals surface area contributed by atoms with E-state index in [-0.39, 0.29) is 11.6 Å². The van der Waals surface area contributed by atoms with E-state index in [1.54, 1.807) is 0 Å². The average molecular weight is 269 g/mol. The molecule has 2 fully saturated rings. The quantitative estimate of drug-likeness (QED) is 0.855. The minimum Gasteiger partial charge on any atom is -0.480 e. The molecule has 19 heavy (non-hydrogen) atoms. The van der Waals surface area contributed by atoms with E-state index in [1.165, 1.54) is 0 Å². The Morgan fingerprint density at radius 2 is 2.16 bits per heavy atom. The largest absolute Gasteiger partial charge is 0.480 e. The van der Waals surface area contributed by atoms with Gasteiger partial charge in [-0.2, -0.15) is 0 Å². The van der Waals surface area contributed by atoms with Crippen LogP contribution in [0.1, 0.15) is 58.8 Å². The lowest BCUT2D eigenvalue weighted by Gasteiger charge is -2.44. The van der Waals surface area contributed by atoms with E-state index >= 15 is 0 Å². The van der Waals surface area contributed by atoms with Crippen molar-refractivity contribution >= 4 is 5.97 Å². The zero-order valence-electron chi connectivity index (χ0n) is 12.2. The van der Waals surface area contributed by atoms with Gasteiger partial charge in [-0.3, -0.25) is 9.69 Å². The first-order valence-corrected chi connectivity index (χ1v) is 7.68. The standard InChI is InChI=1S/C15H27NO3/c1-3-15(2)11-12(8-10-19-15)16-9-6-4-5-7-13(16)14(17)18/h12-13H,3-11H2,1-2H3,(H,17,18). The third-order valence-corrected chi connectivity index (χ3v) is 4.87. The highest BCUT2D eigenvalue weighted by molar-refractivity contribution is 5.73. The van der Waals surface area contributed by atoms with Crippen LogP contribution in [0, 0.1) is 0 Å². The monoisotopic (exact) mass is 269 g/mol. The van der Waals surface area contributed by atoms with Gasteiger partial charge in [0.15, 0.2) is 0 Å². The first-order chi connectivity index (χ1) is 9.06. The topological polar surface area (TPSA) is 49.8 Å². The fraction of sp³-hybridized carbons (Fsp3) is 0.933. The van der Waals surface area contributed by atoms with E-state index < -0.39 is 5.97 Å². The normalized spacial score (nSPS) is 37.8. The first-order valence-electron chi connectivity index (χ1n) is 7.68. The molecule has 110 valence electrons. The molecule has 3 unspecified atom stereocenters. The second-order valence-corrected chi connectivity index (χ2v) is 6.24. The fourth-order valence-corrected chi connectivity index (χ4v) is 3.46. The van der Waals surface area contributed by atoms with Crippen molar-refractivity contribution in [3.63, 3.8) is 0 Å². The molecule has 4 nitrogen and oxygen atoms in total. The maximum Gasteiger partial charge on any atom is 0.320 e. The van der Waals surface area contributed by atoms with Crippen LogP contribution in [0.2, 0.25) is 0 Å². The minimum absolute atomic E-state index is 0.0712. The van der Waals surface area contributed by atoms with Crippen LogP contribution >= 0.6 is 0 Å². The third-order valence-electron chi connectivity index (χ3n) is 4.87. The van der Waals surface area contributed by atoms with E-state index in [0.29, 0.717) is 6.04 Å². The predicted octanol–water partition coefficient (Wildman–Crippen LogP) is 2.66. The van der Waals surface area contributed by atoms with E-state index in [1.807, 2.05) is 0 Å². The van der Waals surface area contributed by atoms with Crippen molar-refractivity contribution in [1.29, 1.82) is 0 Å². The van der Waals surface area contributed by atoms with Crippen LogP contribution in [0.4, 0.5) is 0 Å². The number of hydrogen-bond donors (Lipinski definition) is 1. The van der Waals surface area contributed by atoms with E-state index in [9.17, 15) is 9.90 Å². The Morgan fingerprint density at radius 3 is 2.84 bits per heavy atom. The van der Waals surface area contributed by atoms with Gasteiger partial charge in [-0.1, -0.05) is 19.8 Å². The van der Waals surface area contributed by atoms with Gasteiger partial charge in [-0.05, 0) is 45.6 Å². The highest BCUT2D eigenvalue weighted by Gasteiger charge is 2.39. The molecule has 0 amide bonds. The fourth-order valence-electron chi connectivity index (χ4n) is 3.46. The number of ether oxygens (including phenoxy) is 1. The van der Waals surface area contributed by atoms with Gasteiger partial charge < -0.3 is 9.84 Å². The Kier molecular flexibility index (Phi) is 4.85. The molecule has 2 aliphatic rings. The van der Waals surface area contributed by atoms with Gasteiger partial charge in [-0.25, -0.2) is 0 Å². The van der Waals surface area contributed by atoms with E-state index in [2.05, 4.69) is 18.7 Å². The Morgan fingerprint density at radius 1 is 1.37 bits per heavy atom. The summed E-state index contributed by atoms with van der Waals surface area (Å²) in [5.74, 6) is -0.647. The van der Waals surface area contributed by atoms with E-state index in [4.69, 9.17) is 4.74 Å². The van der Waals surface area contributed by atoms with Crippen molar-refractivity contribution in [3.05, 3.63) is 0 Å². The number of aliphatic carboxylic acids is 1. The van der Waals surface area contributed by atoms with Crippen molar-refractivity contribution in [2.24, 2.45) is 0 Å². The van der Waals surface area contributed by atoms with Gasteiger partial charge in [0.05, 0.1) is 5.60 Å². The molecular weight excluding hydrogens is 242 g/mol. The molecule has 4 heteroatoms. The summed E-state index contributed by atoms with van der Waals surface area (Å²) < 4.78 is 5.89. The zero-order valence-corrected chi connectivity index (χ0v) is 12.2. The van der Waals surface area contributed by atoms with Crippen LogP contribution in [0.25, 0.3) is 0 Å². The molecule has 2 aliphatic heterocycles. The number of rotatable bonds is 3. The summed E-state index contributed by atoms with van der Waals surface area (Å²) in [6, 6.07) is 0.0876. The number of carboxylic acid groups (broad SMARTS) is 1. The van der Waals surface area contributed by atoms with Gasteiger partial charge in [0, 0.05) is 12.6 Å². The molecule has 1 N–H and O–H groups in total. The number of carbonyl (C=O) groups is 1. The lowest BCUT2D eigenvalue weighted by Crippen LogP contribution is -2.52. The molecular formula is C15H27NO3. The van der Waals surface area contributed by atoms with Gasteiger partial charge in [0.2, 0.25) is 0 Å². The van der Waals surface area contributed by atoms with Crippen LogP contribution in [-0.2, 0) is 9.53 Å². The molecule has 2 heterocycles. The summed E-state index contributed by atoms with van der Waals surface area (Å²) in [4.78, 5) is 13.8. The highest BCUT2D eigenvalue weighted by Crippen LogP contribution is 2.33. The van der Waals surface area contributed by atoms with Crippen LogP contribution < -0.4 is 0 Å². The lowest BCUT2D eigenvalue weighted by molar-refractivity contribution is -0.148.